The van der Waals surface area contributed by atoms with Gasteiger partial charge in [0.1, 0.15) is 11.3 Å². The lowest BCUT2D eigenvalue weighted by Crippen LogP contribution is -2.47. The fourth-order valence-corrected chi connectivity index (χ4v) is 6.58. The number of nitrogens with zero attached hydrogens (tertiary/aromatic N) is 5. The quantitative estimate of drug-likeness (QED) is 0.249. The van der Waals surface area contributed by atoms with Crippen molar-refractivity contribution in [3.05, 3.63) is 83.2 Å². The topological polar surface area (TPSA) is 124 Å². The van der Waals surface area contributed by atoms with Gasteiger partial charge in [-0.05, 0) is 91.8 Å². The predicted molar refractivity (Wildman–Crippen MR) is 170 cm³/mol. The number of likely N-dealkylation sites (tertiary alicyclic amines) is 1. The number of aromatic nitrogens is 4. The third-order valence-electron chi connectivity index (χ3n) is 9.67. The van der Waals surface area contributed by atoms with Crippen molar-refractivity contribution in [1.82, 2.24) is 30.4 Å². The summed E-state index contributed by atoms with van der Waals surface area (Å²) in [6.07, 6.45) is 9.40. The van der Waals surface area contributed by atoms with E-state index in [1.807, 2.05) is 24.3 Å². The van der Waals surface area contributed by atoms with Crippen LogP contribution in [-0.2, 0) is 12.8 Å². The van der Waals surface area contributed by atoms with E-state index in [-0.39, 0.29) is 24.1 Å². The third-order valence-corrected chi connectivity index (χ3v) is 9.67. The number of aryl methyl sites for hydroxylation is 1. The highest BCUT2D eigenvalue weighted by Crippen LogP contribution is 2.32. The van der Waals surface area contributed by atoms with Gasteiger partial charge in [-0.15, -0.1) is 0 Å². The van der Waals surface area contributed by atoms with Crippen molar-refractivity contribution in [2.75, 3.05) is 26.2 Å². The molecular weight excluding hydrogens is 571 g/mol. The molecule has 6 rings (SSSR count). The monoisotopic (exact) mass is 612 g/mol. The Morgan fingerprint density at radius 3 is 2.64 bits per heavy atom. The minimum Gasteiger partial charge on any atom is -0.393 e. The molecule has 1 amide bonds. The molecule has 3 aromatic heterocycles. The minimum atomic E-state index is -1.03. The van der Waals surface area contributed by atoms with Crippen molar-refractivity contribution in [1.29, 1.82) is 0 Å². The molecule has 1 aliphatic carbocycles. The van der Waals surface area contributed by atoms with E-state index in [9.17, 15) is 15.0 Å². The Bertz CT molecular complexity index is 1640. The molecule has 236 valence electrons. The van der Waals surface area contributed by atoms with Crippen LogP contribution in [-0.4, -0.2) is 73.0 Å². The van der Waals surface area contributed by atoms with Crippen LogP contribution in [0.15, 0.2) is 55.0 Å². The number of fused-ring (bicyclic) bond motifs is 2. The lowest BCUT2D eigenvalue weighted by Gasteiger charge is -2.37. The molecule has 1 aromatic carbocycles. The lowest BCUT2D eigenvalue weighted by molar-refractivity contribution is -0.0596. The average Bonchev–Trinajstić information content (AvgIpc) is 3.06. The fourth-order valence-electron chi connectivity index (χ4n) is 6.58. The van der Waals surface area contributed by atoms with Crippen LogP contribution in [0.1, 0.15) is 72.8 Å². The molecule has 45 heavy (non-hydrogen) atoms. The van der Waals surface area contributed by atoms with E-state index in [0.29, 0.717) is 61.6 Å². The molecule has 0 saturated carbocycles. The Hall–Kier alpha value is -3.86. The van der Waals surface area contributed by atoms with Gasteiger partial charge < -0.3 is 20.4 Å². The Morgan fingerprint density at radius 1 is 1.13 bits per heavy atom. The van der Waals surface area contributed by atoms with Gasteiger partial charge in [-0.1, -0.05) is 19.9 Å². The van der Waals surface area contributed by atoms with Gasteiger partial charge >= 0.3 is 0 Å². The van der Waals surface area contributed by atoms with Gasteiger partial charge in [-0.25, -0.2) is 9.37 Å². The Kier molecular flexibility index (Phi) is 9.16. The van der Waals surface area contributed by atoms with Gasteiger partial charge in [-0.3, -0.25) is 9.78 Å². The predicted octanol–water partition coefficient (Wildman–Crippen LogP) is 4.67. The highest BCUT2D eigenvalue weighted by atomic mass is 19.1. The molecule has 2 aliphatic rings. The highest BCUT2D eigenvalue weighted by Gasteiger charge is 2.32. The Labute approximate surface area is 262 Å². The number of carbonyl (C=O) groups excluding carboxylic acids is 1. The first-order chi connectivity index (χ1) is 21.7. The zero-order chi connectivity index (χ0) is 31.6. The van der Waals surface area contributed by atoms with Crippen molar-refractivity contribution >= 4 is 16.8 Å². The van der Waals surface area contributed by atoms with Crippen LogP contribution in [0.5, 0.6) is 0 Å². The van der Waals surface area contributed by atoms with Gasteiger partial charge in [0.2, 0.25) is 0 Å². The van der Waals surface area contributed by atoms with Crippen LogP contribution in [0, 0.1) is 17.7 Å². The van der Waals surface area contributed by atoms with E-state index in [1.165, 1.54) is 6.07 Å². The summed E-state index contributed by atoms with van der Waals surface area (Å²) < 4.78 is 15.4. The second-order valence-electron chi connectivity index (χ2n) is 13.0. The van der Waals surface area contributed by atoms with Gasteiger partial charge in [0.15, 0.2) is 0 Å². The number of aliphatic hydroxyl groups is 2. The van der Waals surface area contributed by atoms with Crippen LogP contribution >= 0.6 is 0 Å². The lowest BCUT2D eigenvalue weighted by atomic mass is 9.80. The molecule has 3 N–H and O–H groups in total. The smallest absolute Gasteiger partial charge is 0.251 e. The molecule has 1 unspecified atom stereocenters. The number of aliphatic hydroxyl groups excluding tert-OH is 1. The van der Waals surface area contributed by atoms with Crippen LogP contribution in [0.25, 0.3) is 22.2 Å². The summed E-state index contributed by atoms with van der Waals surface area (Å²) in [5, 5.41) is 31.5. The number of hydrogen-bond donors (Lipinski definition) is 3. The number of halogens is 1. The summed E-state index contributed by atoms with van der Waals surface area (Å²) in [5.74, 6) is 0.273. The number of amides is 1. The maximum atomic E-state index is 15.4. The zero-order valence-electron chi connectivity index (χ0n) is 25.9. The number of nitrogens with one attached hydrogen (secondary N) is 1. The van der Waals surface area contributed by atoms with E-state index in [0.717, 1.165) is 47.3 Å². The van der Waals surface area contributed by atoms with Crippen molar-refractivity contribution in [2.45, 2.75) is 64.0 Å². The largest absolute Gasteiger partial charge is 0.393 e. The van der Waals surface area contributed by atoms with Crippen LogP contribution in [0.2, 0.25) is 0 Å². The SMILES string of the molecule is CC(C)C1CCc2nc3c(F)cc(C(=O)N[C@H](CCN4CCC(O)(CO)CC4)c4ccc(-c5ccnnc5)nc4)cc3cc2C1. The maximum absolute atomic E-state index is 15.4. The first-order valence-electron chi connectivity index (χ1n) is 15.9. The molecule has 4 heterocycles. The first-order valence-corrected chi connectivity index (χ1v) is 15.9. The molecule has 0 radical (unpaired) electrons. The molecule has 9 nitrogen and oxygen atoms in total. The number of hydrogen-bond acceptors (Lipinski definition) is 8. The van der Waals surface area contributed by atoms with E-state index in [1.54, 1.807) is 24.7 Å². The number of carbonyl (C=O) groups is 1. The third kappa shape index (κ3) is 7.03. The van der Waals surface area contributed by atoms with Gasteiger partial charge in [-0.2, -0.15) is 10.2 Å². The van der Waals surface area contributed by atoms with Crippen LogP contribution in [0.3, 0.4) is 0 Å². The summed E-state index contributed by atoms with van der Waals surface area (Å²) in [6, 6.07) is 10.3. The molecule has 1 aliphatic heterocycles. The van der Waals surface area contributed by atoms with Crippen molar-refractivity contribution < 1.29 is 19.4 Å². The van der Waals surface area contributed by atoms with Crippen LogP contribution in [0.4, 0.5) is 4.39 Å². The average molecular weight is 613 g/mol. The molecule has 4 aromatic rings. The molecule has 2 atom stereocenters. The van der Waals surface area contributed by atoms with E-state index < -0.39 is 11.4 Å². The van der Waals surface area contributed by atoms with Gasteiger partial charge in [0.05, 0.1) is 36.3 Å². The molecule has 0 bridgehead atoms. The maximum Gasteiger partial charge on any atom is 0.251 e. The first kappa shape index (κ1) is 31.1. The van der Waals surface area contributed by atoms with Crippen molar-refractivity contribution in [3.8, 4) is 11.3 Å². The molecule has 10 heteroatoms. The van der Waals surface area contributed by atoms with Crippen LogP contribution < -0.4 is 5.32 Å². The second-order valence-corrected chi connectivity index (χ2v) is 13.0. The minimum absolute atomic E-state index is 0.247. The summed E-state index contributed by atoms with van der Waals surface area (Å²) in [5.41, 5.74) is 4.04. The van der Waals surface area contributed by atoms with Crippen molar-refractivity contribution in [3.63, 3.8) is 0 Å². The Balaban J connectivity index is 1.24. The number of pyridine rings is 2. The zero-order valence-corrected chi connectivity index (χ0v) is 25.9. The second kappa shape index (κ2) is 13.2. The van der Waals surface area contributed by atoms with Gasteiger partial charge in [0.25, 0.3) is 5.91 Å². The molecule has 1 fully saturated rings. The Morgan fingerprint density at radius 2 is 1.96 bits per heavy atom. The summed E-state index contributed by atoms with van der Waals surface area (Å²) in [7, 11) is 0. The molecule has 1 saturated heterocycles. The highest BCUT2D eigenvalue weighted by molar-refractivity contribution is 5.98. The number of piperidine rings is 1. The normalized spacial score (nSPS) is 18.9. The summed E-state index contributed by atoms with van der Waals surface area (Å²) in [4.78, 5) is 25.2. The fraction of sp³-hybridized carbons (Fsp3) is 0.457. The summed E-state index contributed by atoms with van der Waals surface area (Å²) in [6.45, 7) is 6.19. The summed E-state index contributed by atoms with van der Waals surface area (Å²) >= 11 is 0. The van der Waals surface area contributed by atoms with E-state index in [2.05, 4.69) is 44.2 Å². The molecule has 0 spiro atoms. The van der Waals surface area contributed by atoms with Gasteiger partial charge in [0, 0.05) is 48.0 Å². The van der Waals surface area contributed by atoms with E-state index >= 15 is 4.39 Å². The number of rotatable bonds is 9. The van der Waals surface area contributed by atoms with Crippen molar-refractivity contribution in [2.24, 2.45) is 11.8 Å². The standard InChI is InChI=1S/C35H41FN6O3/c1-22(2)23-3-6-31-26(15-23)16-27-17-28(18-29(36)33(27)40-31)34(44)41-32(8-12-42-13-9-35(45,21-43)10-14-42)24-4-5-30(37-19-24)25-7-11-38-39-20-25/h4-5,7,11,16-20,22-23,32,43,45H,3,6,8-10,12-15,21H2,1-2H3,(H,41,44)/t23?,32-/m1/s1. The van der Waals surface area contributed by atoms with E-state index in [4.69, 9.17) is 0 Å². The number of benzene rings is 1. The molecular formula is C35H41FN6O3.